The van der Waals surface area contributed by atoms with E-state index in [4.69, 9.17) is 0 Å². The van der Waals surface area contributed by atoms with Crippen molar-refractivity contribution >= 4 is 17.5 Å². The van der Waals surface area contributed by atoms with E-state index in [2.05, 4.69) is 10.6 Å². The van der Waals surface area contributed by atoms with E-state index in [1.165, 1.54) is 18.2 Å². The Morgan fingerprint density at radius 3 is 2.38 bits per heavy atom. The standard InChI is InChI=1S/C14H19N3O4/c1-14(2,3)16-13(19)9-15-12(18)8-10-6-4-5-7-11(10)17(20)21/h4-7H,8-9H2,1-3H3,(H,15,18)(H,16,19). The van der Waals surface area contributed by atoms with E-state index >= 15 is 0 Å². The summed E-state index contributed by atoms with van der Waals surface area (Å²) in [7, 11) is 0. The van der Waals surface area contributed by atoms with Gasteiger partial charge in [-0.1, -0.05) is 18.2 Å². The van der Waals surface area contributed by atoms with Gasteiger partial charge in [-0.15, -0.1) is 0 Å². The van der Waals surface area contributed by atoms with Gasteiger partial charge in [-0.3, -0.25) is 19.7 Å². The number of amides is 2. The minimum atomic E-state index is -0.533. The first kappa shape index (κ1) is 16.6. The molecule has 7 nitrogen and oxygen atoms in total. The van der Waals surface area contributed by atoms with Crippen LogP contribution in [-0.4, -0.2) is 28.8 Å². The Morgan fingerprint density at radius 1 is 1.19 bits per heavy atom. The zero-order valence-corrected chi connectivity index (χ0v) is 12.3. The number of hydrogen-bond acceptors (Lipinski definition) is 4. The summed E-state index contributed by atoms with van der Waals surface area (Å²) in [5.41, 5.74) is -0.164. The zero-order valence-electron chi connectivity index (χ0n) is 12.3. The van der Waals surface area contributed by atoms with Gasteiger partial charge in [-0.05, 0) is 20.8 Å². The lowest BCUT2D eigenvalue weighted by Gasteiger charge is -2.20. The maximum absolute atomic E-state index is 11.7. The van der Waals surface area contributed by atoms with E-state index in [1.54, 1.807) is 6.07 Å². The number of carbonyl (C=O) groups excluding carboxylic acids is 2. The first-order valence-corrected chi connectivity index (χ1v) is 6.49. The van der Waals surface area contributed by atoms with Gasteiger partial charge in [-0.25, -0.2) is 0 Å². The highest BCUT2D eigenvalue weighted by Gasteiger charge is 2.17. The molecule has 0 radical (unpaired) electrons. The van der Waals surface area contributed by atoms with Crippen LogP contribution >= 0.6 is 0 Å². The highest BCUT2D eigenvalue weighted by atomic mass is 16.6. The normalized spacial score (nSPS) is 10.8. The third-order valence-electron chi connectivity index (χ3n) is 2.50. The van der Waals surface area contributed by atoms with E-state index in [9.17, 15) is 19.7 Å². The van der Waals surface area contributed by atoms with Crippen molar-refractivity contribution in [2.75, 3.05) is 6.54 Å². The number of benzene rings is 1. The molecule has 0 saturated carbocycles. The number of rotatable bonds is 5. The maximum Gasteiger partial charge on any atom is 0.273 e. The maximum atomic E-state index is 11.7. The largest absolute Gasteiger partial charge is 0.350 e. The van der Waals surface area contributed by atoms with E-state index in [-0.39, 0.29) is 30.1 Å². The topological polar surface area (TPSA) is 101 Å². The molecule has 1 aromatic rings. The Labute approximate surface area is 122 Å². The highest BCUT2D eigenvalue weighted by molar-refractivity contribution is 5.86. The van der Waals surface area contributed by atoms with Crippen molar-refractivity contribution in [1.29, 1.82) is 0 Å². The Morgan fingerprint density at radius 2 is 1.81 bits per heavy atom. The minimum absolute atomic E-state index is 0.105. The summed E-state index contributed by atoms with van der Waals surface area (Å²) in [6.45, 7) is 5.34. The van der Waals surface area contributed by atoms with Gasteiger partial charge in [0, 0.05) is 17.2 Å². The second-order valence-corrected chi connectivity index (χ2v) is 5.64. The fourth-order valence-electron chi connectivity index (χ4n) is 1.72. The lowest BCUT2D eigenvalue weighted by Crippen LogP contribution is -2.46. The number of hydrogen-bond donors (Lipinski definition) is 2. The number of para-hydroxylation sites is 1. The fraction of sp³-hybridized carbons (Fsp3) is 0.429. The quantitative estimate of drug-likeness (QED) is 0.628. The Kier molecular flexibility index (Phi) is 5.40. The number of carbonyl (C=O) groups is 2. The molecule has 114 valence electrons. The summed E-state index contributed by atoms with van der Waals surface area (Å²) in [5, 5.41) is 16.0. The molecule has 0 fully saturated rings. The van der Waals surface area contributed by atoms with Gasteiger partial charge >= 0.3 is 0 Å². The monoisotopic (exact) mass is 293 g/mol. The van der Waals surface area contributed by atoms with Gasteiger partial charge in [0.2, 0.25) is 11.8 Å². The molecule has 2 amide bonds. The molecule has 0 aliphatic carbocycles. The van der Waals surface area contributed by atoms with Gasteiger partial charge in [0.25, 0.3) is 5.69 Å². The minimum Gasteiger partial charge on any atom is -0.350 e. The molecule has 0 aliphatic rings. The third-order valence-corrected chi connectivity index (χ3v) is 2.50. The first-order valence-electron chi connectivity index (χ1n) is 6.49. The van der Waals surface area contributed by atoms with Gasteiger partial charge in [0.15, 0.2) is 0 Å². The lowest BCUT2D eigenvalue weighted by atomic mass is 10.1. The molecular formula is C14H19N3O4. The van der Waals surface area contributed by atoms with E-state index in [0.717, 1.165) is 0 Å². The van der Waals surface area contributed by atoms with Crippen molar-refractivity contribution in [3.63, 3.8) is 0 Å². The van der Waals surface area contributed by atoms with Gasteiger partial charge in [0.05, 0.1) is 17.9 Å². The van der Waals surface area contributed by atoms with Crippen LogP contribution in [0.5, 0.6) is 0 Å². The molecular weight excluding hydrogens is 274 g/mol. The second kappa shape index (κ2) is 6.83. The second-order valence-electron chi connectivity index (χ2n) is 5.64. The molecule has 0 spiro atoms. The average molecular weight is 293 g/mol. The number of nitro benzene ring substituents is 1. The smallest absolute Gasteiger partial charge is 0.273 e. The van der Waals surface area contributed by atoms with Gasteiger partial charge in [-0.2, -0.15) is 0 Å². The lowest BCUT2D eigenvalue weighted by molar-refractivity contribution is -0.385. The molecule has 0 saturated heterocycles. The van der Waals surface area contributed by atoms with Crippen LogP contribution in [0.25, 0.3) is 0 Å². The summed E-state index contributed by atoms with van der Waals surface area (Å²) >= 11 is 0. The predicted octanol–water partition coefficient (Wildman–Crippen LogP) is 1.17. The van der Waals surface area contributed by atoms with Crippen LogP contribution in [0.15, 0.2) is 24.3 Å². The van der Waals surface area contributed by atoms with Crippen molar-refractivity contribution in [1.82, 2.24) is 10.6 Å². The molecule has 2 N–H and O–H groups in total. The Balaban J connectivity index is 2.55. The summed E-state index contributed by atoms with van der Waals surface area (Å²) in [6, 6.07) is 6.03. The van der Waals surface area contributed by atoms with Crippen molar-refractivity contribution in [2.45, 2.75) is 32.7 Å². The van der Waals surface area contributed by atoms with Crippen LogP contribution in [0.3, 0.4) is 0 Å². The number of nitrogens with one attached hydrogen (secondary N) is 2. The fourth-order valence-corrected chi connectivity index (χ4v) is 1.72. The van der Waals surface area contributed by atoms with E-state index in [1.807, 2.05) is 20.8 Å². The van der Waals surface area contributed by atoms with E-state index in [0.29, 0.717) is 5.56 Å². The summed E-state index contributed by atoms with van der Waals surface area (Å²) < 4.78 is 0. The van der Waals surface area contributed by atoms with Crippen molar-refractivity contribution in [3.05, 3.63) is 39.9 Å². The molecule has 0 aliphatic heterocycles. The molecule has 21 heavy (non-hydrogen) atoms. The summed E-state index contributed by atoms with van der Waals surface area (Å²) in [5.74, 6) is -0.744. The van der Waals surface area contributed by atoms with Crippen molar-refractivity contribution in [2.24, 2.45) is 0 Å². The number of nitrogens with zero attached hydrogens (tertiary/aromatic N) is 1. The van der Waals surface area contributed by atoms with Crippen LogP contribution in [0.1, 0.15) is 26.3 Å². The highest BCUT2D eigenvalue weighted by Crippen LogP contribution is 2.17. The van der Waals surface area contributed by atoms with Crippen molar-refractivity contribution in [3.8, 4) is 0 Å². The zero-order chi connectivity index (χ0) is 16.0. The van der Waals surface area contributed by atoms with E-state index < -0.39 is 10.8 Å². The first-order chi connectivity index (χ1) is 9.69. The molecule has 0 heterocycles. The van der Waals surface area contributed by atoms with Crippen LogP contribution in [0.4, 0.5) is 5.69 Å². The molecule has 1 rings (SSSR count). The molecule has 1 aromatic carbocycles. The predicted molar refractivity (Wildman–Crippen MR) is 77.7 cm³/mol. The summed E-state index contributed by atoms with van der Waals surface area (Å²) in [4.78, 5) is 33.6. The molecule has 0 bridgehead atoms. The molecule has 0 unspecified atom stereocenters. The Bertz CT molecular complexity index is 549. The Hall–Kier alpha value is -2.44. The van der Waals surface area contributed by atoms with Crippen LogP contribution in [0, 0.1) is 10.1 Å². The SMILES string of the molecule is CC(C)(C)NC(=O)CNC(=O)Cc1ccccc1[N+](=O)[O-]. The van der Waals surface area contributed by atoms with Gasteiger partial charge in [0.1, 0.15) is 0 Å². The molecule has 0 atom stereocenters. The summed E-state index contributed by atoms with van der Waals surface area (Å²) in [6.07, 6.45) is -0.139. The van der Waals surface area contributed by atoms with Crippen LogP contribution < -0.4 is 10.6 Å². The molecule has 7 heteroatoms. The van der Waals surface area contributed by atoms with Crippen molar-refractivity contribution < 1.29 is 14.5 Å². The third kappa shape index (κ3) is 6.03. The number of nitro groups is 1. The van der Waals surface area contributed by atoms with Gasteiger partial charge < -0.3 is 10.6 Å². The average Bonchev–Trinajstić information content (AvgIpc) is 2.35. The molecule has 0 aromatic heterocycles. The van der Waals surface area contributed by atoms with Crippen LogP contribution in [-0.2, 0) is 16.0 Å². The van der Waals surface area contributed by atoms with Crippen LogP contribution in [0.2, 0.25) is 0 Å².